The lowest BCUT2D eigenvalue weighted by molar-refractivity contribution is -0.141. The number of aliphatic hydroxyl groups excluding tert-OH is 1. The summed E-state index contributed by atoms with van der Waals surface area (Å²) in [5, 5.41) is 25.7. The third kappa shape index (κ3) is 6.22. The number of nitrogens with zero attached hydrogens (tertiary/aromatic N) is 4. The van der Waals surface area contributed by atoms with E-state index in [9.17, 15) is 28.2 Å². The molecule has 1 saturated heterocycles. The van der Waals surface area contributed by atoms with E-state index in [0.29, 0.717) is 38.2 Å². The zero-order valence-corrected chi connectivity index (χ0v) is 23.4. The lowest BCUT2D eigenvalue weighted by atomic mass is 9.80. The largest absolute Gasteiger partial charge is 0.433 e. The monoisotopic (exact) mass is 587 g/mol. The van der Waals surface area contributed by atoms with E-state index in [1.165, 1.54) is 12.1 Å². The Labute approximate surface area is 242 Å². The summed E-state index contributed by atoms with van der Waals surface area (Å²) in [7, 11) is 1.55. The Morgan fingerprint density at radius 3 is 2.71 bits per heavy atom. The predicted molar refractivity (Wildman–Crippen MR) is 149 cm³/mol. The summed E-state index contributed by atoms with van der Waals surface area (Å²) < 4.78 is 46.9. The van der Waals surface area contributed by atoms with Gasteiger partial charge in [0.25, 0.3) is 5.91 Å². The van der Waals surface area contributed by atoms with Crippen LogP contribution in [0.5, 0.6) is 0 Å². The van der Waals surface area contributed by atoms with Gasteiger partial charge >= 0.3 is 6.18 Å². The van der Waals surface area contributed by atoms with Crippen LogP contribution in [0.3, 0.4) is 0 Å². The van der Waals surface area contributed by atoms with Crippen LogP contribution in [0.4, 0.5) is 13.2 Å². The Bertz CT molecular complexity index is 1360. The van der Waals surface area contributed by atoms with Crippen molar-refractivity contribution in [3.63, 3.8) is 0 Å². The number of amides is 1. The van der Waals surface area contributed by atoms with Crippen molar-refractivity contribution in [1.82, 2.24) is 24.8 Å². The van der Waals surface area contributed by atoms with E-state index in [4.69, 9.17) is 4.74 Å². The standard InChI is InChI=1S/C30H36F3N5O4/c1-42-18-29(41)13-6-5-12-25(29)38-19-35-26(27(38)20-8-3-2-4-9-20)28(40)37-15-14-34-17-21(37)16-23(39)22-10-7-11-24(36-22)30(31,32)33/h2-4,7-11,19,21,23,25,34,39,41H,5-6,12-18H2,1H3/t21-,23+,25-,29-/m1/s1. The smallest absolute Gasteiger partial charge is 0.387 e. The quantitative estimate of drug-likeness (QED) is 0.365. The van der Waals surface area contributed by atoms with Gasteiger partial charge in [-0.25, -0.2) is 9.97 Å². The van der Waals surface area contributed by atoms with Gasteiger partial charge in [0.1, 0.15) is 11.3 Å². The number of carbonyl (C=O) groups excluding carboxylic acids is 1. The number of aromatic nitrogens is 3. The molecule has 12 heteroatoms. The molecule has 1 amide bonds. The maximum Gasteiger partial charge on any atom is 0.433 e. The van der Waals surface area contributed by atoms with Gasteiger partial charge < -0.3 is 29.7 Å². The second-order valence-electron chi connectivity index (χ2n) is 11.1. The highest BCUT2D eigenvalue weighted by molar-refractivity contribution is 5.98. The highest BCUT2D eigenvalue weighted by atomic mass is 19.4. The summed E-state index contributed by atoms with van der Waals surface area (Å²) in [6.07, 6.45) is -1.33. The molecule has 0 unspecified atom stereocenters. The second-order valence-corrected chi connectivity index (χ2v) is 11.1. The molecule has 3 heterocycles. The molecule has 4 atom stereocenters. The molecule has 2 aliphatic rings. The van der Waals surface area contributed by atoms with Crippen molar-refractivity contribution >= 4 is 5.91 Å². The van der Waals surface area contributed by atoms with Crippen molar-refractivity contribution in [2.45, 2.75) is 62.1 Å². The summed E-state index contributed by atoms with van der Waals surface area (Å²) in [5.41, 5.74) is -0.750. The fourth-order valence-corrected chi connectivity index (χ4v) is 6.20. The Morgan fingerprint density at radius 2 is 1.98 bits per heavy atom. The number of alkyl halides is 3. The number of aliphatic hydroxyl groups is 2. The number of hydrogen-bond donors (Lipinski definition) is 3. The van der Waals surface area contributed by atoms with Gasteiger partial charge in [-0.05, 0) is 25.0 Å². The molecule has 0 radical (unpaired) electrons. The number of methoxy groups -OCH3 is 1. The first kappa shape index (κ1) is 30.1. The van der Waals surface area contributed by atoms with Crippen LogP contribution < -0.4 is 5.32 Å². The molecular weight excluding hydrogens is 551 g/mol. The van der Waals surface area contributed by atoms with Gasteiger partial charge in [-0.3, -0.25) is 4.79 Å². The number of ether oxygens (including phenoxy) is 1. The number of halogens is 3. The molecule has 1 saturated carbocycles. The number of imidazole rings is 1. The minimum atomic E-state index is -4.63. The molecular formula is C30H36F3N5O4. The molecule has 3 aromatic rings. The van der Waals surface area contributed by atoms with Gasteiger partial charge in [-0.1, -0.05) is 49.2 Å². The van der Waals surface area contributed by atoms with Crippen LogP contribution in [-0.4, -0.2) is 80.5 Å². The Kier molecular flexibility index (Phi) is 8.97. The van der Waals surface area contributed by atoms with Crippen LogP contribution in [0.15, 0.2) is 54.9 Å². The number of rotatable bonds is 8. The average molecular weight is 588 g/mol. The molecule has 1 aliphatic carbocycles. The van der Waals surface area contributed by atoms with Gasteiger partial charge in [-0.2, -0.15) is 13.2 Å². The summed E-state index contributed by atoms with van der Waals surface area (Å²) in [4.78, 5) is 24.0. The Hall–Kier alpha value is -3.32. The number of nitrogens with one attached hydrogen (secondary N) is 1. The molecule has 1 aromatic carbocycles. The van der Waals surface area contributed by atoms with E-state index in [1.807, 2.05) is 34.9 Å². The number of pyridine rings is 1. The SMILES string of the molecule is COC[C@]1(O)CCCC[C@H]1n1cnc(C(=O)N2CCNC[C@H]2C[C@H](O)c2cccc(C(F)(F)F)n2)c1-c1ccccc1. The van der Waals surface area contributed by atoms with Crippen molar-refractivity contribution in [1.29, 1.82) is 0 Å². The van der Waals surface area contributed by atoms with Crippen molar-refractivity contribution in [2.75, 3.05) is 33.4 Å². The number of hydrogen-bond acceptors (Lipinski definition) is 7. The molecule has 2 aromatic heterocycles. The molecule has 2 fully saturated rings. The topological polar surface area (TPSA) is 113 Å². The van der Waals surface area contributed by atoms with Crippen LogP contribution in [-0.2, 0) is 10.9 Å². The Morgan fingerprint density at radius 1 is 1.19 bits per heavy atom. The molecule has 1 aliphatic heterocycles. The zero-order valence-electron chi connectivity index (χ0n) is 23.4. The third-order valence-corrected chi connectivity index (χ3v) is 8.24. The van der Waals surface area contributed by atoms with Crippen molar-refractivity contribution in [3.05, 3.63) is 71.9 Å². The van der Waals surface area contributed by atoms with Crippen LogP contribution in [0.25, 0.3) is 11.3 Å². The second kappa shape index (κ2) is 12.5. The Balaban J connectivity index is 1.47. The van der Waals surface area contributed by atoms with E-state index in [0.717, 1.165) is 24.5 Å². The fraction of sp³-hybridized carbons (Fsp3) is 0.500. The first-order valence-corrected chi connectivity index (χ1v) is 14.2. The average Bonchev–Trinajstić information content (AvgIpc) is 3.42. The van der Waals surface area contributed by atoms with E-state index >= 15 is 0 Å². The molecule has 0 bridgehead atoms. The molecule has 42 heavy (non-hydrogen) atoms. The van der Waals surface area contributed by atoms with Gasteiger partial charge in [0.15, 0.2) is 5.69 Å². The number of benzene rings is 1. The minimum absolute atomic E-state index is 0.00928. The zero-order chi connectivity index (χ0) is 29.9. The van der Waals surface area contributed by atoms with Crippen LogP contribution in [0, 0.1) is 0 Å². The van der Waals surface area contributed by atoms with Gasteiger partial charge in [0, 0.05) is 44.8 Å². The highest BCUT2D eigenvalue weighted by Crippen LogP contribution is 2.41. The number of carbonyl (C=O) groups is 1. The van der Waals surface area contributed by atoms with E-state index < -0.39 is 29.6 Å². The molecule has 9 nitrogen and oxygen atoms in total. The molecule has 226 valence electrons. The minimum Gasteiger partial charge on any atom is -0.387 e. The van der Waals surface area contributed by atoms with E-state index in [2.05, 4.69) is 15.3 Å². The molecule has 5 rings (SSSR count). The summed E-state index contributed by atoms with van der Waals surface area (Å²) >= 11 is 0. The summed E-state index contributed by atoms with van der Waals surface area (Å²) in [6.45, 7) is 1.33. The van der Waals surface area contributed by atoms with Crippen LogP contribution in [0.2, 0.25) is 0 Å². The normalized spacial score (nSPS) is 24.0. The summed E-state index contributed by atoms with van der Waals surface area (Å²) in [6, 6.07) is 11.9. The molecule has 0 spiro atoms. The van der Waals surface area contributed by atoms with Gasteiger partial charge in [0.2, 0.25) is 0 Å². The fourth-order valence-electron chi connectivity index (χ4n) is 6.20. The third-order valence-electron chi connectivity index (χ3n) is 8.24. The number of piperazine rings is 1. The maximum atomic E-state index is 14.2. The lowest BCUT2D eigenvalue weighted by Gasteiger charge is -2.41. The van der Waals surface area contributed by atoms with Crippen LogP contribution >= 0.6 is 0 Å². The van der Waals surface area contributed by atoms with Crippen molar-refractivity contribution in [3.8, 4) is 11.3 Å². The van der Waals surface area contributed by atoms with E-state index in [1.54, 1.807) is 18.3 Å². The van der Waals surface area contributed by atoms with Gasteiger partial charge in [0.05, 0.1) is 36.5 Å². The first-order chi connectivity index (χ1) is 20.1. The molecule has 3 N–H and O–H groups in total. The van der Waals surface area contributed by atoms with Crippen LogP contribution in [0.1, 0.15) is 66.1 Å². The predicted octanol–water partition coefficient (Wildman–Crippen LogP) is 3.99. The summed E-state index contributed by atoms with van der Waals surface area (Å²) in [5.74, 6) is -0.352. The van der Waals surface area contributed by atoms with Gasteiger partial charge in [-0.15, -0.1) is 0 Å². The lowest BCUT2D eigenvalue weighted by Crippen LogP contribution is -2.54. The van der Waals surface area contributed by atoms with Crippen molar-refractivity contribution in [2.24, 2.45) is 0 Å². The first-order valence-electron chi connectivity index (χ1n) is 14.2. The van der Waals surface area contributed by atoms with Crippen molar-refractivity contribution < 1.29 is 32.9 Å². The highest BCUT2D eigenvalue weighted by Gasteiger charge is 2.42. The maximum absolute atomic E-state index is 14.2. The van der Waals surface area contributed by atoms with E-state index in [-0.39, 0.29) is 36.4 Å².